The first-order valence-corrected chi connectivity index (χ1v) is 14.0. The van der Waals surface area contributed by atoms with Crippen molar-refractivity contribution in [3.8, 4) is 11.1 Å². The van der Waals surface area contributed by atoms with Crippen molar-refractivity contribution in [3.63, 3.8) is 0 Å². The molecule has 1 atom stereocenters. The Balaban J connectivity index is 1.54. The highest BCUT2D eigenvalue weighted by Crippen LogP contribution is 2.26. The lowest BCUT2D eigenvalue weighted by Gasteiger charge is -2.27. The Labute approximate surface area is 229 Å². The summed E-state index contributed by atoms with van der Waals surface area (Å²) in [5.74, 6) is 0.776. The highest BCUT2D eigenvalue weighted by Gasteiger charge is 2.26. The van der Waals surface area contributed by atoms with Gasteiger partial charge in [-0.25, -0.2) is 9.55 Å². The summed E-state index contributed by atoms with van der Waals surface area (Å²) in [5, 5.41) is 3.01. The number of piperidine rings is 1. The third-order valence-corrected chi connectivity index (χ3v) is 7.97. The van der Waals surface area contributed by atoms with Gasteiger partial charge in [-0.2, -0.15) is 4.40 Å². The van der Waals surface area contributed by atoms with E-state index < -0.39 is 0 Å². The van der Waals surface area contributed by atoms with Crippen molar-refractivity contribution in [1.82, 2.24) is 19.7 Å². The highest BCUT2D eigenvalue weighted by molar-refractivity contribution is 5.95. The third-order valence-electron chi connectivity index (χ3n) is 7.97. The van der Waals surface area contributed by atoms with Crippen molar-refractivity contribution in [2.75, 3.05) is 18.0 Å². The molecule has 0 saturated carbocycles. The van der Waals surface area contributed by atoms with E-state index in [1.165, 1.54) is 19.3 Å². The van der Waals surface area contributed by atoms with Crippen LogP contribution in [0, 0.1) is 20.8 Å². The molecule has 0 radical (unpaired) electrons. The van der Waals surface area contributed by atoms with Crippen molar-refractivity contribution in [1.29, 1.82) is 0 Å². The number of nitrogens with one attached hydrogen (secondary N) is 2. The number of hydrogen-bond acceptors (Lipinski definition) is 4. The predicted molar refractivity (Wildman–Crippen MR) is 154 cm³/mol. The molecule has 1 aliphatic rings. The summed E-state index contributed by atoms with van der Waals surface area (Å²) >= 11 is 0. The number of hydrogen-bond donors (Lipinski definition) is 2. The molecule has 0 bridgehead atoms. The smallest absolute Gasteiger partial charge is 0.291 e. The molecule has 39 heavy (non-hydrogen) atoms. The van der Waals surface area contributed by atoms with Crippen LogP contribution in [0.4, 0.5) is 5.82 Å². The van der Waals surface area contributed by atoms with Gasteiger partial charge in [0.1, 0.15) is 17.7 Å². The molecular formula is C31H39N6O2+. The molecule has 4 aromatic rings. The number of aryl methyl sites for hydroxylation is 3. The van der Waals surface area contributed by atoms with Crippen LogP contribution in [0.2, 0.25) is 0 Å². The summed E-state index contributed by atoms with van der Waals surface area (Å²) in [6.45, 7) is 12.4. The largest absolute Gasteiger partial charge is 0.357 e. The summed E-state index contributed by atoms with van der Waals surface area (Å²) in [6, 6.07) is 10.5. The van der Waals surface area contributed by atoms with Gasteiger partial charge in [0, 0.05) is 55.6 Å². The van der Waals surface area contributed by atoms with Gasteiger partial charge < -0.3 is 15.2 Å². The molecular weight excluding hydrogens is 488 g/mol. The normalized spacial score (nSPS) is 14.5. The zero-order valence-electron chi connectivity index (χ0n) is 23.7. The number of H-pyrrole nitrogens is 1. The van der Waals surface area contributed by atoms with Crippen LogP contribution in [0.5, 0.6) is 0 Å². The molecule has 0 unspecified atom stereocenters. The van der Waals surface area contributed by atoms with Crippen LogP contribution in [0.25, 0.3) is 16.8 Å². The fourth-order valence-corrected chi connectivity index (χ4v) is 5.58. The summed E-state index contributed by atoms with van der Waals surface area (Å²) in [7, 11) is 0. The average molecular weight is 528 g/mol. The maximum atomic E-state index is 13.7. The molecule has 0 aliphatic carbocycles. The summed E-state index contributed by atoms with van der Waals surface area (Å²) in [6.07, 6.45) is 8.68. The molecule has 1 aliphatic heterocycles. The molecule has 1 saturated heterocycles. The molecule has 2 N–H and O–H groups in total. The van der Waals surface area contributed by atoms with Gasteiger partial charge in [0.15, 0.2) is 5.69 Å². The number of anilines is 1. The Hall–Kier alpha value is -3.94. The van der Waals surface area contributed by atoms with Gasteiger partial charge in [0.25, 0.3) is 17.1 Å². The second-order valence-corrected chi connectivity index (χ2v) is 10.8. The Bertz CT molecular complexity index is 1560. The van der Waals surface area contributed by atoms with E-state index >= 15 is 0 Å². The van der Waals surface area contributed by atoms with E-state index in [-0.39, 0.29) is 24.1 Å². The first-order chi connectivity index (χ1) is 18.8. The number of imidazole rings is 1. The van der Waals surface area contributed by atoms with Crippen molar-refractivity contribution in [3.05, 3.63) is 81.3 Å². The number of aromatic amines is 1. The zero-order chi connectivity index (χ0) is 27.7. The average Bonchev–Trinajstić information content (AvgIpc) is 3.28. The molecule has 0 aromatic carbocycles. The minimum Gasteiger partial charge on any atom is -0.357 e. The van der Waals surface area contributed by atoms with Crippen molar-refractivity contribution >= 4 is 17.4 Å². The predicted octanol–water partition coefficient (Wildman–Crippen LogP) is 4.79. The summed E-state index contributed by atoms with van der Waals surface area (Å²) in [5.41, 5.74) is 6.43. The first kappa shape index (κ1) is 26.7. The van der Waals surface area contributed by atoms with Crippen LogP contribution in [0.15, 0.2) is 47.5 Å². The Morgan fingerprint density at radius 3 is 2.54 bits per heavy atom. The van der Waals surface area contributed by atoms with E-state index in [9.17, 15) is 9.59 Å². The second-order valence-electron chi connectivity index (χ2n) is 10.8. The standard InChI is InChI=1S/C31H38N6O2/c1-6-22(4)36-19-23(5)37-27(31(39)33-18-26-20(2)14-21(3)34-30(26)38)15-25(16-29(36)37)24-10-11-28(32-17-24)35-12-8-7-9-13-35/h10-11,14-17,19,22H,6-9,12-13,18H2,1-5H3,(H-,33,34,38,39)/p+1/t22-/m1/s1. The summed E-state index contributed by atoms with van der Waals surface area (Å²) < 4.78 is 4.24. The number of carbonyl (C=O) groups excluding carboxylic acids is 1. The fraction of sp³-hybridized carbons (Fsp3) is 0.419. The molecule has 0 spiro atoms. The van der Waals surface area contributed by atoms with Gasteiger partial charge in [0.05, 0.1) is 6.04 Å². The Morgan fingerprint density at radius 2 is 1.87 bits per heavy atom. The van der Waals surface area contributed by atoms with E-state index in [1.807, 2.05) is 43.5 Å². The van der Waals surface area contributed by atoms with E-state index in [1.54, 1.807) is 0 Å². The van der Waals surface area contributed by atoms with Gasteiger partial charge in [-0.05, 0) is 81.8 Å². The lowest BCUT2D eigenvalue weighted by molar-refractivity contribution is -0.695. The van der Waals surface area contributed by atoms with Crippen LogP contribution < -0.4 is 20.3 Å². The topological polar surface area (TPSA) is 86.4 Å². The number of pyridine rings is 3. The fourth-order valence-electron chi connectivity index (χ4n) is 5.58. The van der Waals surface area contributed by atoms with Crippen LogP contribution in [0.1, 0.15) is 78.6 Å². The van der Waals surface area contributed by atoms with E-state index in [0.29, 0.717) is 11.3 Å². The van der Waals surface area contributed by atoms with Crippen molar-refractivity contribution in [2.24, 2.45) is 0 Å². The van der Waals surface area contributed by atoms with Gasteiger partial charge in [-0.1, -0.05) is 6.92 Å². The molecule has 204 valence electrons. The Morgan fingerprint density at radius 1 is 1.10 bits per heavy atom. The Kier molecular flexibility index (Phi) is 7.55. The second kappa shape index (κ2) is 11.0. The first-order valence-electron chi connectivity index (χ1n) is 14.0. The third kappa shape index (κ3) is 5.33. The van der Waals surface area contributed by atoms with E-state index in [4.69, 9.17) is 4.98 Å². The number of amides is 1. The lowest BCUT2D eigenvalue weighted by Crippen LogP contribution is -2.36. The van der Waals surface area contributed by atoms with Crippen LogP contribution in [0.3, 0.4) is 0 Å². The molecule has 8 heteroatoms. The van der Waals surface area contributed by atoms with Gasteiger partial charge in [0.2, 0.25) is 0 Å². The molecule has 1 amide bonds. The quantitative estimate of drug-likeness (QED) is 0.338. The van der Waals surface area contributed by atoms with Crippen LogP contribution in [-0.4, -0.2) is 33.4 Å². The van der Waals surface area contributed by atoms with E-state index in [0.717, 1.165) is 59.1 Å². The number of fused-ring (bicyclic) bond motifs is 1. The van der Waals surface area contributed by atoms with Crippen molar-refractivity contribution in [2.45, 2.75) is 72.9 Å². The molecule has 8 nitrogen and oxygen atoms in total. The van der Waals surface area contributed by atoms with Crippen LogP contribution in [-0.2, 0) is 6.54 Å². The van der Waals surface area contributed by atoms with Crippen LogP contribution >= 0.6 is 0 Å². The highest BCUT2D eigenvalue weighted by atomic mass is 16.2. The number of carbonyl (C=O) groups is 1. The maximum absolute atomic E-state index is 13.7. The number of nitrogens with zero attached hydrogens (tertiary/aromatic N) is 4. The van der Waals surface area contributed by atoms with Gasteiger partial charge in [-0.3, -0.25) is 9.59 Å². The van der Waals surface area contributed by atoms with Gasteiger partial charge in [-0.15, -0.1) is 0 Å². The number of rotatable bonds is 7. The molecule has 4 aromatic heterocycles. The minimum absolute atomic E-state index is 0.157. The number of aromatic nitrogens is 4. The molecule has 1 fully saturated rings. The summed E-state index contributed by atoms with van der Waals surface area (Å²) in [4.78, 5) is 36.2. The lowest BCUT2D eigenvalue weighted by atomic mass is 10.1. The maximum Gasteiger partial charge on any atom is 0.291 e. The van der Waals surface area contributed by atoms with Crippen molar-refractivity contribution < 1.29 is 9.36 Å². The van der Waals surface area contributed by atoms with Gasteiger partial charge >= 0.3 is 0 Å². The molecule has 5 rings (SSSR count). The monoisotopic (exact) mass is 527 g/mol. The SMILES string of the molecule is CC[C@@H](C)[n+]1cc(C)n2c(C(=O)NCc3c(C)cc(C)[nH]c3=O)cc(-c3ccc(N4CCCCC4)nc3)cc21. The minimum atomic E-state index is -0.228. The molecule has 5 heterocycles. The van der Waals surface area contributed by atoms with E-state index in [2.05, 4.69) is 58.0 Å². The zero-order valence-corrected chi connectivity index (χ0v) is 23.7.